The first-order valence-electron chi connectivity index (χ1n) is 5.37. The van der Waals surface area contributed by atoms with Crippen molar-refractivity contribution in [2.24, 2.45) is 5.73 Å². The van der Waals surface area contributed by atoms with Crippen LogP contribution in [0.5, 0.6) is 0 Å². The van der Waals surface area contributed by atoms with Crippen molar-refractivity contribution in [1.82, 2.24) is 4.90 Å². The molecule has 2 aliphatic heterocycles. The number of nitrogens with two attached hydrogens (primary N) is 1. The zero-order chi connectivity index (χ0) is 8.13. The van der Waals surface area contributed by atoms with E-state index in [0.717, 1.165) is 18.1 Å². The number of nitrogens with zero attached hydrogens (tertiary/aromatic N) is 1. The Kier molecular flexibility index (Phi) is 1.50. The van der Waals surface area contributed by atoms with Gasteiger partial charge in [-0.25, -0.2) is 0 Å². The van der Waals surface area contributed by atoms with Gasteiger partial charge in [-0.2, -0.15) is 0 Å². The van der Waals surface area contributed by atoms with E-state index in [1.165, 1.54) is 38.5 Å². The van der Waals surface area contributed by atoms with Gasteiger partial charge >= 0.3 is 0 Å². The van der Waals surface area contributed by atoms with Crippen molar-refractivity contribution in [3.05, 3.63) is 0 Å². The maximum Gasteiger partial charge on any atom is 0.0116 e. The molecule has 2 heterocycles. The van der Waals surface area contributed by atoms with E-state index in [1.807, 2.05) is 0 Å². The monoisotopic (exact) mass is 166 g/mol. The van der Waals surface area contributed by atoms with Gasteiger partial charge in [0.05, 0.1) is 0 Å². The van der Waals surface area contributed by atoms with Crippen molar-refractivity contribution in [2.45, 2.75) is 62.7 Å². The molecule has 1 saturated carbocycles. The Morgan fingerprint density at radius 1 is 0.833 bits per heavy atom. The third kappa shape index (κ3) is 1.01. The van der Waals surface area contributed by atoms with Crippen LogP contribution < -0.4 is 5.73 Å². The Bertz CT molecular complexity index is 174. The predicted octanol–water partition coefficient (Wildman–Crippen LogP) is 1.10. The molecule has 68 valence electrons. The molecule has 0 radical (unpaired) electrons. The minimum absolute atomic E-state index is 0.512. The molecule has 0 aromatic rings. The summed E-state index contributed by atoms with van der Waals surface area (Å²) in [6.07, 6.45) is 8.31. The molecule has 0 amide bonds. The van der Waals surface area contributed by atoms with Gasteiger partial charge < -0.3 is 5.73 Å². The smallest absolute Gasteiger partial charge is 0.0116 e. The van der Waals surface area contributed by atoms with Crippen molar-refractivity contribution < 1.29 is 0 Å². The minimum atomic E-state index is 0.512. The van der Waals surface area contributed by atoms with Gasteiger partial charge in [-0.15, -0.1) is 0 Å². The maximum absolute atomic E-state index is 6.01. The van der Waals surface area contributed by atoms with E-state index in [2.05, 4.69) is 4.90 Å². The average Bonchev–Trinajstić information content (AvgIpc) is 2.80. The molecule has 3 atom stereocenters. The highest BCUT2D eigenvalue weighted by atomic mass is 15.3. The summed E-state index contributed by atoms with van der Waals surface area (Å²) in [6.45, 7) is 0. The SMILES string of the molecule is NC1C[C@H]2CC[C@@H](C1)N2C1CC1. The van der Waals surface area contributed by atoms with E-state index in [0.29, 0.717) is 6.04 Å². The summed E-state index contributed by atoms with van der Waals surface area (Å²) in [5.74, 6) is 0. The van der Waals surface area contributed by atoms with E-state index in [-0.39, 0.29) is 0 Å². The largest absolute Gasteiger partial charge is 0.328 e. The second-order valence-corrected chi connectivity index (χ2v) is 4.79. The van der Waals surface area contributed by atoms with Gasteiger partial charge in [0.15, 0.2) is 0 Å². The Hall–Kier alpha value is -0.0800. The van der Waals surface area contributed by atoms with E-state index in [1.54, 1.807) is 0 Å². The maximum atomic E-state index is 6.01. The van der Waals surface area contributed by atoms with Gasteiger partial charge in [-0.1, -0.05) is 0 Å². The second kappa shape index (κ2) is 2.46. The molecular weight excluding hydrogens is 148 g/mol. The van der Waals surface area contributed by atoms with Crippen molar-refractivity contribution >= 4 is 0 Å². The third-order valence-electron chi connectivity index (χ3n) is 3.79. The Morgan fingerprint density at radius 3 is 1.83 bits per heavy atom. The fourth-order valence-corrected chi connectivity index (χ4v) is 3.22. The lowest BCUT2D eigenvalue weighted by atomic mass is 9.98. The van der Waals surface area contributed by atoms with Gasteiger partial charge in [-0.3, -0.25) is 4.90 Å². The molecule has 2 N–H and O–H groups in total. The molecule has 1 unspecified atom stereocenters. The van der Waals surface area contributed by atoms with Gasteiger partial charge in [0.25, 0.3) is 0 Å². The summed E-state index contributed by atoms with van der Waals surface area (Å²) in [4.78, 5) is 2.80. The fraction of sp³-hybridized carbons (Fsp3) is 1.00. The summed E-state index contributed by atoms with van der Waals surface area (Å²) in [6, 6.07) is 3.21. The standard InChI is InChI=1S/C10H18N2/c11-7-5-9-3-4-10(6-7)12(9)8-1-2-8/h7-10H,1-6,11H2/t7?,9-,10+. The van der Waals surface area contributed by atoms with Gasteiger partial charge in [0.2, 0.25) is 0 Å². The molecule has 0 aromatic heterocycles. The summed E-state index contributed by atoms with van der Waals surface area (Å²) >= 11 is 0. The highest BCUT2D eigenvalue weighted by Gasteiger charge is 2.45. The molecule has 2 bridgehead atoms. The molecule has 3 fully saturated rings. The number of piperidine rings is 1. The van der Waals surface area contributed by atoms with Crippen LogP contribution in [-0.4, -0.2) is 29.1 Å². The summed E-state index contributed by atoms with van der Waals surface area (Å²) < 4.78 is 0. The van der Waals surface area contributed by atoms with Gasteiger partial charge in [0.1, 0.15) is 0 Å². The first-order valence-corrected chi connectivity index (χ1v) is 5.37. The molecular formula is C10H18N2. The topological polar surface area (TPSA) is 29.3 Å². The lowest BCUT2D eigenvalue weighted by Gasteiger charge is -2.37. The zero-order valence-corrected chi connectivity index (χ0v) is 7.58. The highest BCUT2D eigenvalue weighted by Crippen LogP contribution is 2.42. The lowest BCUT2D eigenvalue weighted by Crippen LogP contribution is -2.48. The van der Waals surface area contributed by atoms with Crippen LogP contribution in [-0.2, 0) is 0 Å². The quantitative estimate of drug-likeness (QED) is 0.632. The molecule has 2 saturated heterocycles. The third-order valence-corrected chi connectivity index (χ3v) is 3.79. The van der Waals surface area contributed by atoms with Crippen molar-refractivity contribution in [2.75, 3.05) is 0 Å². The van der Waals surface area contributed by atoms with Crippen molar-refractivity contribution in [3.8, 4) is 0 Å². The number of hydrogen-bond acceptors (Lipinski definition) is 2. The molecule has 12 heavy (non-hydrogen) atoms. The Morgan fingerprint density at radius 2 is 1.33 bits per heavy atom. The van der Waals surface area contributed by atoms with Crippen LogP contribution >= 0.6 is 0 Å². The fourth-order valence-electron chi connectivity index (χ4n) is 3.22. The average molecular weight is 166 g/mol. The highest BCUT2D eigenvalue weighted by molar-refractivity contribution is 5.02. The van der Waals surface area contributed by atoms with Crippen LogP contribution in [0.3, 0.4) is 0 Å². The van der Waals surface area contributed by atoms with E-state index in [4.69, 9.17) is 5.73 Å². The molecule has 2 heteroatoms. The summed E-state index contributed by atoms with van der Waals surface area (Å²) in [7, 11) is 0. The Labute approximate surface area is 74.1 Å². The van der Waals surface area contributed by atoms with Gasteiger partial charge in [-0.05, 0) is 38.5 Å². The summed E-state index contributed by atoms with van der Waals surface area (Å²) in [5.41, 5.74) is 6.01. The first kappa shape index (κ1) is 7.34. The van der Waals surface area contributed by atoms with Crippen molar-refractivity contribution in [3.63, 3.8) is 0 Å². The van der Waals surface area contributed by atoms with Crippen LogP contribution in [0.25, 0.3) is 0 Å². The predicted molar refractivity (Wildman–Crippen MR) is 48.9 cm³/mol. The Balaban J connectivity index is 1.78. The van der Waals surface area contributed by atoms with Crippen LogP contribution in [0.1, 0.15) is 38.5 Å². The van der Waals surface area contributed by atoms with E-state index >= 15 is 0 Å². The van der Waals surface area contributed by atoms with Crippen LogP contribution in [0.4, 0.5) is 0 Å². The second-order valence-electron chi connectivity index (χ2n) is 4.79. The molecule has 2 nitrogen and oxygen atoms in total. The number of hydrogen-bond donors (Lipinski definition) is 1. The minimum Gasteiger partial charge on any atom is -0.328 e. The molecule has 3 rings (SSSR count). The van der Waals surface area contributed by atoms with E-state index in [9.17, 15) is 0 Å². The molecule has 3 aliphatic rings. The molecule has 1 aliphatic carbocycles. The normalized spacial score (nSPS) is 48.2. The lowest BCUT2D eigenvalue weighted by molar-refractivity contribution is 0.119. The summed E-state index contributed by atoms with van der Waals surface area (Å²) in [5, 5.41) is 0. The van der Waals surface area contributed by atoms with E-state index < -0.39 is 0 Å². The molecule has 0 aromatic carbocycles. The number of fused-ring (bicyclic) bond motifs is 2. The van der Waals surface area contributed by atoms with Crippen LogP contribution in [0.2, 0.25) is 0 Å². The first-order chi connectivity index (χ1) is 5.84. The van der Waals surface area contributed by atoms with Crippen LogP contribution in [0, 0.1) is 0 Å². The zero-order valence-electron chi connectivity index (χ0n) is 7.58. The molecule has 0 spiro atoms. The number of rotatable bonds is 1. The van der Waals surface area contributed by atoms with Gasteiger partial charge in [0, 0.05) is 24.2 Å². The van der Waals surface area contributed by atoms with Crippen molar-refractivity contribution in [1.29, 1.82) is 0 Å². The van der Waals surface area contributed by atoms with Crippen LogP contribution in [0.15, 0.2) is 0 Å².